The Morgan fingerprint density at radius 2 is 2.12 bits per heavy atom. The van der Waals surface area contributed by atoms with Crippen molar-refractivity contribution < 1.29 is 13.9 Å². The van der Waals surface area contributed by atoms with E-state index in [0.29, 0.717) is 18.3 Å². The molecule has 1 atom stereocenters. The van der Waals surface area contributed by atoms with Crippen molar-refractivity contribution in [1.29, 1.82) is 0 Å². The molecule has 5 heterocycles. The van der Waals surface area contributed by atoms with Crippen LogP contribution in [0.2, 0.25) is 0 Å². The van der Waals surface area contributed by atoms with Crippen LogP contribution in [0.15, 0.2) is 78.1 Å². The van der Waals surface area contributed by atoms with Gasteiger partial charge in [-0.3, -0.25) is 4.79 Å². The van der Waals surface area contributed by atoms with Gasteiger partial charge in [-0.1, -0.05) is 0 Å². The number of halogens is 1. The van der Waals surface area contributed by atoms with Crippen molar-refractivity contribution in [3.05, 3.63) is 101 Å². The monoisotopic (exact) mass is 560 g/mol. The number of pyridine rings is 1. The Kier molecular flexibility index (Phi) is 9.20. The molecular formula is C30H33FN6O2S. The zero-order valence-electron chi connectivity index (χ0n) is 22.4. The summed E-state index contributed by atoms with van der Waals surface area (Å²) in [6.45, 7) is 3.43. The number of benzene rings is 1. The van der Waals surface area contributed by atoms with Crippen LogP contribution < -0.4 is 20.3 Å². The fraction of sp³-hybridized carbons (Fsp3) is 0.300. The zero-order valence-corrected chi connectivity index (χ0v) is 23.2. The number of rotatable bonds is 8. The highest BCUT2D eigenvalue weighted by Crippen LogP contribution is 2.37. The van der Waals surface area contributed by atoms with Crippen molar-refractivity contribution in [2.24, 2.45) is 0 Å². The van der Waals surface area contributed by atoms with Crippen LogP contribution in [0.5, 0.6) is 5.75 Å². The maximum absolute atomic E-state index is 12.8. The first-order valence-corrected chi connectivity index (χ1v) is 14.3. The van der Waals surface area contributed by atoms with Crippen molar-refractivity contribution in [2.45, 2.75) is 31.8 Å². The first kappa shape index (κ1) is 27.5. The highest BCUT2D eigenvalue weighted by Gasteiger charge is 2.28. The molecule has 2 aliphatic heterocycles. The summed E-state index contributed by atoms with van der Waals surface area (Å²) in [5, 5.41) is 9.60. The van der Waals surface area contributed by atoms with Crippen LogP contribution in [0.25, 0.3) is 0 Å². The molecule has 208 valence electrons. The van der Waals surface area contributed by atoms with Gasteiger partial charge in [0.15, 0.2) is 11.4 Å². The van der Waals surface area contributed by atoms with Gasteiger partial charge < -0.3 is 24.8 Å². The van der Waals surface area contributed by atoms with Crippen LogP contribution in [0.4, 0.5) is 15.2 Å². The molecule has 1 unspecified atom stereocenters. The largest absolute Gasteiger partial charge is 0.462 e. The van der Waals surface area contributed by atoms with Crippen LogP contribution in [0, 0.1) is 5.95 Å². The van der Waals surface area contributed by atoms with E-state index in [0.717, 1.165) is 61.0 Å². The van der Waals surface area contributed by atoms with Gasteiger partial charge in [-0.15, -0.1) is 11.3 Å². The fourth-order valence-corrected chi connectivity index (χ4v) is 5.62. The second-order valence-corrected chi connectivity index (χ2v) is 10.4. The highest BCUT2D eigenvalue weighted by atomic mass is 32.1. The summed E-state index contributed by atoms with van der Waals surface area (Å²) in [6, 6.07) is 15.4. The average molecular weight is 561 g/mol. The molecule has 0 radical (unpaired) electrons. The predicted molar refractivity (Wildman–Crippen MR) is 157 cm³/mol. The molecule has 2 aliphatic rings. The molecule has 0 saturated carbocycles. The Morgan fingerprint density at radius 1 is 1.25 bits per heavy atom. The first-order chi connectivity index (χ1) is 19.6. The number of nitrogens with zero attached hydrogens (tertiary/aromatic N) is 4. The van der Waals surface area contributed by atoms with E-state index < -0.39 is 5.95 Å². The van der Waals surface area contributed by atoms with E-state index in [1.54, 1.807) is 40.3 Å². The van der Waals surface area contributed by atoms with Gasteiger partial charge in [0.25, 0.3) is 0 Å². The molecule has 3 aromatic heterocycles. The van der Waals surface area contributed by atoms with Crippen molar-refractivity contribution in [3.63, 3.8) is 0 Å². The standard InChI is InChI=1S/C19H24N4OS.C11H9FN2O/c1-20-19-22-17(13-25-19)18-3-2-12-23(18)14-4-6-15(7-5-14)24-16-8-10-21-11-9-16;12-11-6-9(3-4-13-11)7-14-5-1-2-10(14)8-15/h4-8,13,18,21H,2-3,9-12H2,1H3,(H,20,22);1-6,8H,7H2. The molecule has 8 nitrogen and oxygen atoms in total. The lowest BCUT2D eigenvalue weighted by Gasteiger charge is -2.26. The summed E-state index contributed by atoms with van der Waals surface area (Å²) in [6.07, 6.45) is 9.40. The third kappa shape index (κ3) is 6.94. The maximum Gasteiger partial charge on any atom is 0.213 e. The Balaban J connectivity index is 0.000000184. The van der Waals surface area contributed by atoms with Gasteiger partial charge in [-0.2, -0.15) is 4.39 Å². The second-order valence-electron chi connectivity index (χ2n) is 9.57. The molecular weight excluding hydrogens is 527 g/mol. The van der Waals surface area contributed by atoms with Gasteiger partial charge in [-0.05, 0) is 73.0 Å². The summed E-state index contributed by atoms with van der Waals surface area (Å²) in [5.41, 5.74) is 3.77. The molecule has 2 N–H and O–H groups in total. The Bertz CT molecular complexity index is 1430. The molecule has 1 saturated heterocycles. The SMILES string of the molecule is CNc1nc(C2CCCN2c2ccc(OC3=CCNCC3)cc2)cs1.O=Cc1cccn1Cc1ccnc(F)c1. The molecule has 0 amide bonds. The Labute approximate surface area is 237 Å². The number of hydrogen-bond donors (Lipinski definition) is 2. The van der Waals surface area contributed by atoms with E-state index in [1.807, 2.05) is 7.05 Å². The molecule has 0 aliphatic carbocycles. The van der Waals surface area contributed by atoms with Crippen LogP contribution in [-0.4, -0.2) is 47.5 Å². The number of carbonyl (C=O) groups is 1. The molecule has 0 spiro atoms. The third-order valence-electron chi connectivity index (χ3n) is 6.90. The lowest BCUT2D eigenvalue weighted by Crippen LogP contribution is -2.23. The summed E-state index contributed by atoms with van der Waals surface area (Å²) >= 11 is 1.68. The van der Waals surface area contributed by atoms with Gasteiger partial charge in [-0.25, -0.2) is 9.97 Å². The topological polar surface area (TPSA) is 84.3 Å². The van der Waals surface area contributed by atoms with E-state index in [4.69, 9.17) is 9.72 Å². The van der Waals surface area contributed by atoms with Gasteiger partial charge >= 0.3 is 0 Å². The predicted octanol–water partition coefficient (Wildman–Crippen LogP) is 5.67. The number of aldehydes is 1. The third-order valence-corrected chi connectivity index (χ3v) is 7.78. The van der Waals surface area contributed by atoms with E-state index in [9.17, 15) is 9.18 Å². The van der Waals surface area contributed by atoms with E-state index in [1.165, 1.54) is 30.1 Å². The van der Waals surface area contributed by atoms with Crippen molar-refractivity contribution in [1.82, 2.24) is 19.9 Å². The van der Waals surface area contributed by atoms with E-state index in [-0.39, 0.29) is 0 Å². The fourth-order valence-electron chi connectivity index (χ4n) is 4.90. The summed E-state index contributed by atoms with van der Waals surface area (Å²) in [4.78, 5) is 21.3. The number of nitrogens with one attached hydrogen (secondary N) is 2. The molecule has 4 aromatic rings. The van der Waals surface area contributed by atoms with Crippen LogP contribution in [0.3, 0.4) is 0 Å². The average Bonchev–Trinajstić information content (AvgIpc) is 3.75. The van der Waals surface area contributed by atoms with Crippen LogP contribution in [0.1, 0.15) is 47.1 Å². The Hall–Kier alpha value is -4.02. The number of hydrogen-bond acceptors (Lipinski definition) is 8. The molecule has 1 fully saturated rings. The maximum atomic E-state index is 12.8. The zero-order chi connectivity index (χ0) is 27.7. The number of ether oxygens (including phenoxy) is 1. The molecule has 10 heteroatoms. The van der Waals surface area contributed by atoms with E-state index in [2.05, 4.69) is 56.2 Å². The summed E-state index contributed by atoms with van der Waals surface area (Å²) < 4.78 is 20.5. The summed E-state index contributed by atoms with van der Waals surface area (Å²) in [5.74, 6) is 1.47. The highest BCUT2D eigenvalue weighted by molar-refractivity contribution is 7.13. The lowest BCUT2D eigenvalue weighted by molar-refractivity contribution is 0.111. The number of thiazole rings is 1. The number of anilines is 2. The minimum atomic E-state index is -0.507. The lowest BCUT2D eigenvalue weighted by atomic mass is 10.1. The number of carbonyl (C=O) groups excluding carboxylic acids is 1. The van der Waals surface area contributed by atoms with Crippen LogP contribution >= 0.6 is 11.3 Å². The van der Waals surface area contributed by atoms with E-state index >= 15 is 0 Å². The van der Waals surface area contributed by atoms with Gasteiger partial charge in [0, 0.05) is 63.1 Å². The minimum absolute atomic E-state index is 0.372. The van der Waals surface area contributed by atoms with Gasteiger partial charge in [0.05, 0.1) is 17.4 Å². The molecule has 0 bridgehead atoms. The van der Waals surface area contributed by atoms with Crippen molar-refractivity contribution >= 4 is 28.4 Å². The molecule has 6 rings (SSSR count). The number of aromatic nitrogens is 3. The molecule has 1 aromatic carbocycles. The van der Waals surface area contributed by atoms with Gasteiger partial charge in [0.1, 0.15) is 11.5 Å². The molecule has 40 heavy (non-hydrogen) atoms. The van der Waals surface area contributed by atoms with Crippen LogP contribution in [-0.2, 0) is 6.54 Å². The quantitative estimate of drug-likeness (QED) is 0.212. The Morgan fingerprint density at radius 3 is 2.85 bits per heavy atom. The smallest absolute Gasteiger partial charge is 0.213 e. The minimum Gasteiger partial charge on any atom is -0.462 e. The van der Waals surface area contributed by atoms with Crippen molar-refractivity contribution in [2.75, 3.05) is 36.9 Å². The first-order valence-electron chi connectivity index (χ1n) is 13.4. The van der Waals surface area contributed by atoms with Crippen molar-refractivity contribution in [3.8, 4) is 5.75 Å². The second kappa shape index (κ2) is 13.4. The normalized spacial score (nSPS) is 16.6. The van der Waals surface area contributed by atoms with Gasteiger partial charge in [0.2, 0.25) is 5.95 Å². The summed E-state index contributed by atoms with van der Waals surface area (Å²) in [7, 11) is 1.92.